The van der Waals surface area contributed by atoms with Crippen LogP contribution in [0.25, 0.3) is 43.1 Å². The standard InChI is InChI=1S/C35H33NO4.2C5H11N/c1-19-10-11-22-24-12-15-26(29(37)18-20-6-2-3-7-20)33-28(35(39)40)17-14-25(32(24)33)23-13-16-27(30(19)31(22)23)34(38)36-21-8-4-5-9-21;2*6-5-3-1-2-4-5/h10-17,20-21H,2-9,18H2,1H3,(H,36,38)(H,39,40);2*5H,1-4,6H2/p+1. The Morgan fingerprint density at radius 2 is 1.02 bits per heavy atom. The number of hydrogen-bond acceptors (Lipinski definition) is 4. The van der Waals surface area contributed by atoms with Gasteiger partial charge in [-0.1, -0.05) is 81.0 Å². The third kappa shape index (κ3) is 7.40. The molecule has 0 unspecified atom stereocenters. The Morgan fingerprint density at radius 1 is 0.577 bits per heavy atom. The molecule has 0 radical (unpaired) electrons. The Hall–Kier alpha value is -4.07. The van der Waals surface area contributed by atoms with E-state index in [4.69, 9.17) is 0 Å². The van der Waals surface area contributed by atoms with Crippen LogP contribution in [-0.2, 0) is 0 Å². The van der Waals surface area contributed by atoms with E-state index in [2.05, 4.69) is 22.9 Å². The van der Waals surface area contributed by atoms with E-state index in [1.54, 1.807) is 12.1 Å². The van der Waals surface area contributed by atoms with Crippen molar-refractivity contribution in [1.29, 1.82) is 0 Å². The number of carbonyl (C=O) groups is 3. The quantitative estimate of drug-likeness (QED) is 0.0979. The molecule has 7 nitrogen and oxygen atoms in total. The molecule has 0 aromatic heterocycles. The number of benzene rings is 5. The van der Waals surface area contributed by atoms with Crippen LogP contribution in [0.5, 0.6) is 0 Å². The molecule has 0 heterocycles. The minimum Gasteiger partial charge on any atom is -0.545 e. The molecule has 5 aromatic carbocycles. The summed E-state index contributed by atoms with van der Waals surface area (Å²) >= 11 is 0. The van der Waals surface area contributed by atoms with E-state index in [1.165, 1.54) is 51.4 Å². The molecule has 4 fully saturated rings. The predicted octanol–water partition coefficient (Wildman–Crippen LogP) is 7.19. The number of ketones is 1. The number of carbonyl (C=O) groups excluding carboxylic acids is 3. The van der Waals surface area contributed by atoms with Gasteiger partial charge in [-0.05, 0) is 126 Å². The zero-order valence-corrected chi connectivity index (χ0v) is 31.0. The Labute approximate surface area is 307 Å². The summed E-state index contributed by atoms with van der Waals surface area (Å²) < 4.78 is 0. The number of hydrogen-bond donors (Lipinski definition) is 3. The molecule has 7 N–H and O–H groups in total. The monoisotopic (exact) mass is 702 g/mol. The lowest BCUT2D eigenvalue weighted by atomic mass is 9.83. The SMILES string of the molecule is Cc1ccc2c3ccc(C(=O)CC4CCCC4)c4c(C(=O)[O-])ccc(c5ccc(C(=O)NC6CCCC6)c1c52)c43.[NH3+]C1CCCC1.[NH3+]C1CCCC1. The fraction of sp³-hybridized carbons (Fsp3) is 0.489. The van der Waals surface area contributed by atoms with E-state index in [-0.39, 0.29) is 23.3 Å². The number of Topliss-reactive ketones (excluding diaryl/α,β-unsaturated/α-hetero) is 1. The van der Waals surface area contributed by atoms with Crippen molar-refractivity contribution in [3.63, 3.8) is 0 Å². The zero-order valence-electron chi connectivity index (χ0n) is 31.0. The number of fused-ring (bicyclic) bond motifs is 2. The van der Waals surface area contributed by atoms with Gasteiger partial charge in [0.15, 0.2) is 5.78 Å². The highest BCUT2D eigenvalue weighted by atomic mass is 16.4. The van der Waals surface area contributed by atoms with Crippen molar-refractivity contribution in [3.8, 4) is 0 Å². The lowest BCUT2D eigenvalue weighted by molar-refractivity contribution is -0.417. The number of carboxylic acid groups (broad SMARTS) is 1. The van der Waals surface area contributed by atoms with Crippen LogP contribution in [-0.4, -0.2) is 35.8 Å². The van der Waals surface area contributed by atoms with E-state index in [9.17, 15) is 19.5 Å². The van der Waals surface area contributed by atoms with E-state index in [0.29, 0.717) is 28.9 Å². The predicted molar refractivity (Wildman–Crippen MR) is 208 cm³/mol. The van der Waals surface area contributed by atoms with E-state index < -0.39 is 5.97 Å². The second kappa shape index (κ2) is 15.9. The maximum absolute atomic E-state index is 13.6. The minimum atomic E-state index is -1.28. The number of quaternary nitrogens is 2. The van der Waals surface area contributed by atoms with Crippen molar-refractivity contribution < 1.29 is 31.0 Å². The van der Waals surface area contributed by atoms with Crippen molar-refractivity contribution in [2.24, 2.45) is 5.92 Å². The summed E-state index contributed by atoms with van der Waals surface area (Å²) in [6.07, 6.45) is 20.4. The first-order valence-electron chi connectivity index (χ1n) is 20.1. The highest BCUT2D eigenvalue weighted by molar-refractivity contribution is 6.37. The summed E-state index contributed by atoms with van der Waals surface area (Å²) in [5.41, 5.74) is 10.1. The number of nitrogens with one attached hydrogen (secondary N) is 1. The van der Waals surface area contributed by atoms with Crippen LogP contribution < -0.4 is 21.9 Å². The molecule has 0 atom stereocenters. The molecular formula is C45H56N3O4+. The van der Waals surface area contributed by atoms with Gasteiger partial charge < -0.3 is 26.7 Å². The Bertz CT molecular complexity index is 2050. The van der Waals surface area contributed by atoms with Crippen LogP contribution in [0.2, 0.25) is 0 Å². The van der Waals surface area contributed by atoms with Crippen LogP contribution in [0, 0.1) is 12.8 Å². The van der Waals surface area contributed by atoms with E-state index in [0.717, 1.165) is 107 Å². The normalized spacial score (nSPS) is 18.7. The van der Waals surface area contributed by atoms with Gasteiger partial charge in [0.1, 0.15) is 0 Å². The maximum atomic E-state index is 13.6. The molecule has 0 aliphatic heterocycles. The van der Waals surface area contributed by atoms with Gasteiger partial charge in [0.25, 0.3) is 5.91 Å². The summed E-state index contributed by atoms with van der Waals surface area (Å²) in [5, 5.41) is 22.4. The van der Waals surface area contributed by atoms with Gasteiger partial charge in [-0.3, -0.25) is 9.59 Å². The topological polar surface area (TPSA) is 142 Å². The van der Waals surface area contributed by atoms with Gasteiger partial charge in [0.05, 0.1) is 18.1 Å². The highest BCUT2D eigenvalue weighted by Gasteiger charge is 2.26. The molecule has 7 heteroatoms. The summed E-state index contributed by atoms with van der Waals surface area (Å²) in [6, 6.07) is 17.0. The molecule has 4 aliphatic rings. The molecule has 5 aromatic rings. The van der Waals surface area contributed by atoms with Gasteiger partial charge >= 0.3 is 0 Å². The molecule has 52 heavy (non-hydrogen) atoms. The van der Waals surface area contributed by atoms with Gasteiger partial charge in [-0.25, -0.2) is 0 Å². The molecular weight excluding hydrogens is 647 g/mol. The molecule has 0 saturated heterocycles. The number of aryl methyl sites for hydroxylation is 1. The smallest absolute Gasteiger partial charge is 0.252 e. The summed E-state index contributed by atoms with van der Waals surface area (Å²) in [5.74, 6) is -0.972. The van der Waals surface area contributed by atoms with Crippen molar-refractivity contribution >= 4 is 60.7 Å². The third-order valence-corrected chi connectivity index (χ3v) is 12.5. The van der Waals surface area contributed by atoms with Crippen LogP contribution in [0.3, 0.4) is 0 Å². The fourth-order valence-corrected chi connectivity index (χ4v) is 9.59. The van der Waals surface area contributed by atoms with Gasteiger partial charge in [-0.15, -0.1) is 0 Å². The zero-order chi connectivity index (χ0) is 36.4. The summed E-state index contributed by atoms with van der Waals surface area (Å²) in [6.45, 7) is 2.03. The largest absolute Gasteiger partial charge is 0.545 e. The Kier molecular flexibility index (Phi) is 11.1. The Balaban J connectivity index is 0.000000297. The number of amides is 1. The number of rotatable bonds is 6. The first-order chi connectivity index (χ1) is 25.2. The Morgan fingerprint density at radius 3 is 1.52 bits per heavy atom. The second-order valence-electron chi connectivity index (χ2n) is 16.2. The number of carboxylic acids is 1. The summed E-state index contributed by atoms with van der Waals surface area (Å²) in [7, 11) is 0. The van der Waals surface area contributed by atoms with Crippen LogP contribution in [0.1, 0.15) is 146 Å². The first-order valence-corrected chi connectivity index (χ1v) is 20.1. The average molecular weight is 703 g/mol. The number of aromatic carboxylic acids is 1. The summed E-state index contributed by atoms with van der Waals surface area (Å²) in [4.78, 5) is 39.4. The molecule has 4 saturated carbocycles. The van der Waals surface area contributed by atoms with Crippen molar-refractivity contribution in [3.05, 3.63) is 70.8 Å². The van der Waals surface area contributed by atoms with Crippen molar-refractivity contribution in [2.75, 3.05) is 0 Å². The van der Waals surface area contributed by atoms with Crippen LogP contribution in [0.15, 0.2) is 48.5 Å². The lowest BCUT2D eigenvalue weighted by Gasteiger charge is -2.21. The van der Waals surface area contributed by atoms with E-state index >= 15 is 0 Å². The van der Waals surface area contributed by atoms with Crippen molar-refractivity contribution in [1.82, 2.24) is 5.32 Å². The molecule has 0 bridgehead atoms. The third-order valence-electron chi connectivity index (χ3n) is 12.5. The van der Waals surface area contributed by atoms with Gasteiger partial charge in [0, 0.05) is 34.5 Å². The van der Waals surface area contributed by atoms with Gasteiger partial charge in [0.2, 0.25) is 0 Å². The van der Waals surface area contributed by atoms with Crippen LogP contribution in [0.4, 0.5) is 0 Å². The average Bonchev–Trinajstić information content (AvgIpc) is 3.99. The molecule has 0 spiro atoms. The molecule has 4 aliphatic carbocycles. The fourth-order valence-electron chi connectivity index (χ4n) is 9.59. The maximum Gasteiger partial charge on any atom is 0.252 e. The first kappa shape index (κ1) is 36.3. The molecule has 274 valence electrons. The van der Waals surface area contributed by atoms with Crippen molar-refractivity contribution in [2.45, 2.75) is 134 Å². The van der Waals surface area contributed by atoms with E-state index in [1.807, 2.05) is 37.3 Å². The molecule has 1 amide bonds. The molecule has 9 rings (SSSR count). The van der Waals surface area contributed by atoms with Gasteiger partial charge in [-0.2, -0.15) is 0 Å². The minimum absolute atomic E-state index is 0.00289. The highest BCUT2D eigenvalue weighted by Crippen LogP contribution is 2.44. The lowest BCUT2D eigenvalue weighted by Crippen LogP contribution is -2.59. The van der Waals surface area contributed by atoms with Crippen LogP contribution >= 0.6 is 0 Å². The second-order valence-corrected chi connectivity index (χ2v) is 16.2.